The molecule has 1 fully saturated rings. The fourth-order valence-electron chi connectivity index (χ4n) is 2.71. The number of amides is 1. The minimum Gasteiger partial charge on any atom is -0.467 e. The van der Waals surface area contributed by atoms with Crippen LogP contribution in [0.25, 0.3) is 0 Å². The molecule has 1 aromatic rings. The Labute approximate surface area is 108 Å². The average molecular weight is 250 g/mol. The van der Waals surface area contributed by atoms with Crippen molar-refractivity contribution in [3.8, 4) is 0 Å². The summed E-state index contributed by atoms with van der Waals surface area (Å²) in [5.74, 6) is 0.982. The molecule has 1 saturated heterocycles. The number of nitrogens with two attached hydrogens (primary N) is 1. The molecule has 2 atom stereocenters. The summed E-state index contributed by atoms with van der Waals surface area (Å²) in [6.45, 7) is 8.10. The highest BCUT2D eigenvalue weighted by Gasteiger charge is 2.42. The van der Waals surface area contributed by atoms with E-state index in [0.717, 1.165) is 17.7 Å². The van der Waals surface area contributed by atoms with Crippen LogP contribution in [0.3, 0.4) is 0 Å². The van der Waals surface area contributed by atoms with Crippen molar-refractivity contribution in [3.05, 3.63) is 23.7 Å². The average Bonchev–Trinajstić information content (AvgIpc) is 2.65. The lowest BCUT2D eigenvalue weighted by Crippen LogP contribution is -2.56. The number of carbonyl (C=O) groups excluding carboxylic acids is 1. The molecular weight excluding hydrogens is 228 g/mol. The Bertz CT molecular complexity index is 445. The molecule has 18 heavy (non-hydrogen) atoms. The maximum atomic E-state index is 12.2. The maximum Gasteiger partial charge on any atom is 0.223 e. The first-order valence-corrected chi connectivity index (χ1v) is 6.44. The van der Waals surface area contributed by atoms with Crippen molar-refractivity contribution in [1.82, 2.24) is 4.90 Å². The van der Waals surface area contributed by atoms with Crippen LogP contribution >= 0.6 is 0 Å². The predicted molar refractivity (Wildman–Crippen MR) is 70.0 cm³/mol. The van der Waals surface area contributed by atoms with Gasteiger partial charge in [-0.2, -0.15) is 0 Å². The molecule has 1 aliphatic rings. The van der Waals surface area contributed by atoms with Gasteiger partial charge in [0.15, 0.2) is 0 Å². The minimum absolute atomic E-state index is 0.0632. The zero-order valence-electron chi connectivity index (χ0n) is 11.6. The van der Waals surface area contributed by atoms with E-state index in [2.05, 4.69) is 0 Å². The van der Waals surface area contributed by atoms with Gasteiger partial charge in [-0.3, -0.25) is 4.79 Å². The standard InChI is InChI=1S/C14H22N2O2/c1-9-7-8-18-13(9)12-10(15)5-6-11(17)16(12)14(2,3)4/h7-8,10,12H,5-6,15H2,1-4H3. The van der Waals surface area contributed by atoms with E-state index in [-0.39, 0.29) is 23.5 Å². The number of hydrogen-bond acceptors (Lipinski definition) is 3. The van der Waals surface area contributed by atoms with Crippen LogP contribution in [0.15, 0.2) is 16.7 Å². The SMILES string of the molecule is Cc1ccoc1C1C(N)CCC(=O)N1C(C)(C)C. The number of aryl methyl sites for hydroxylation is 1. The normalized spacial score (nSPS) is 25.6. The summed E-state index contributed by atoms with van der Waals surface area (Å²) in [6, 6.07) is 1.70. The third kappa shape index (κ3) is 2.17. The summed E-state index contributed by atoms with van der Waals surface area (Å²) in [6.07, 6.45) is 2.90. The Morgan fingerprint density at radius 3 is 2.61 bits per heavy atom. The molecule has 4 heteroatoms. The van der Waals surface area contributed by atoms with E-state index < -0.39 is 0 Å². The molecule has 0 bridgehead atoms. The Kier molecular flexibility index (Phi) is 3.23. The lowest BCUT2D eigenvalue weighted by molar-refractivity contribution is -0.144. The molecule has 2 heterocycles. The van der Waals surface area contributed by atoms with Gasteiger partial charge < -0.3 is 15.1 Å². The highest BCUT2D eigenvalue weighted by molar-refractivity contribution is 5.78. The van der Waals surface area contributed by atoms with E-state index in [1.807, 2.05) is 38.7 Å². The summed E-state index contributed by atoms with van der Waals surface area (Å²) >= 11 is 0. The largest absolute Gasteiger partial charge is 0.467 e. The van der Waals surface area contributed by atoms with E-state index in [9.17, 15) is 4.79 Å². The van der Waals surface area contributed by atoms with Crippen LogP contribution in [0.2, 0.25) is 0 Å². The first-order valence-electron chi connectivity index (χ1n) is 6.44. The molecule has 0 saturated carbocycles. The summed E-state index contributed by atoms with van der Waals surface area (Å²) in [5.41, 5.74) is 7.04. The highest BCUT2D eigenvalue weighted by atomic mass is 16.3. The maximum absolute atomic E-state index is 12.2. The Balaban J connectivity index is 2.45. The number of furan rings is 1. The van der Waals surface area contributed by atoms with Crippen molar-refractivity contribution >= 4 is 5.91 Å². The zero-order valence-corrected chi connectivity index (χ0v) is 11.6. The van der Waals surface area contributed by atoms with Gasteiger partial charge >= 0.3 is 0 Å². The quantitative estimate of drug-likeness (QED) is 0.832. The molecule has 1 aliphatic heterocycles. The predicted octanol–water partition coefficient (Wildman–Crippen LogP) is 2.38. The molecule has 1 amide bonds. The minimum atomic E-state index is -0.251. The van der Waals surface area contributed by atoms with E-state index >= 15 is 0 Å². The monoisotopic (exact) mass is 250 g/mol. The first kappa shape index (κ1) is 13.1. The van der Waals surface area contributed by atoms with Crippen LogP contribution in [-0.2, 0) is 4.79 Å². The van der Waals surface area contributed by atoms with Gasteiger partial charge in [0.2, 0.25) is 5.91 Å². The van der Waals surface area contributed by atoms with Gasteiger partial charge in [0.1, 0.15) is 11.8 Å². The van der Waals surface area contributed by atoms with Crippen LogP contribution in [0.1, 0.15) is 51.0 Å². The second kappa shape index (κ2) is 4.43. The Morgan fingerprint density at radius 2 is 2.11 bits per heavy atom. The van der Waals surface area contributed by atoms with Crippen LogP contribution in [0, 0.1) is 6.92 Å². The van der Waals surface area contributed by atoms with E-state index in [1.165, 1.54) is 0 Å². The summed E-state index contributed by atoms with van der Waals surface area (Å²) in [5, 5.41) is 0. The number of likely N-dealkylation sites (tertiary alicyclic amines) is 1. The number of rotatable bonds is 1. The van der Waals surface area contributed by atoms with E-state index in [4.69, 9.17) is 10.2 Å². The highest BCUT2D eigenvalue weighted by Crippen LogP contribution is 2.37. The third-order valence-electron chi connectivity index (χ3n) is 3.54. The van der Waals surface area contributed by atoms with Crippen molar-refractivity contribution in [2.45, 2.75) is 58.2 Å². The van der Waals surface area contributed by atoms with Crippen molar-refractivity contribution in [2.75, 3.05) is 0 Å². The number of carbonyl (C=O) groups is 1. The number of hydrogen-bond donors (Lipinski definition) is 1. The molecule has 100 valence electrons. The zero-order chi connectivity index (χ0) is 13.5. The lowest BCUT2D eigenvalue weighted by atomic mass is 9.88. The molecule has 0 aliphatic carbocycles. The fourth-order valence-corrected chi connectivity index (χ4v) is 2.71. The molecule has 2 rings (SSSR count). The number of nitrogens with zero attached hydrogens (tertiary/aromatic N) is 1. The van der Waals surface area contributed by atoms with Crippen molar-refractivity contribution in [3.63, 3.8) is 0 Å². The molecule has 0 spiro atoms. The molecule has 0 aromatic carbocycles. The van der Waals surface area contributed by atoms with Gasteiger partial charge in [-0.25, -0.2) is 0 Å². The fraction of sp³-hybridized carbons (Fsp3) is 0.643. The van der Waals surface area contributed by atoms with Gasteiger partial charge in [-0.15, -0.1) is 0 Å². The van der Waals surface area contributed by atoms with Crippen molar-refractivity contribution in [1.29, 1.82) is 0 Å². The molecule has 4 nitrogen and oxygen atoms in total. The van der Waals surface area contributed by atoms with Crippen molar-refractivity contribution in [2.24, 2.45) is 5.73 Å². The van der Waals surface area contributed by atoms with Crippen molar-refractivity contribution < 1.29 is 9.21 Å². The first-order chi connectivity index (χ1) is 8.32. The third-order valence-corrected chi connectivity index (χ3v) is 3.54. The lowest BCUT2D eigenvalue weighted by Gasteiger charge is -2.46. The molecule has 2 unspecified atom stereocenters. The summed E-state index contributed by atoms with van der Waals surface area (Å²) < 4.78 is 5.57. The topological polar surface area (TPSA) is 59.5 Å². The van der Waals surface area contributed by atoms with E-state index in [0.29, 0.717) is 6.42 Å². The summed E-state index contributed by atoms with van der Waals surface area (Å²) in [7, 11) is 0. The molecular formula is C14H22N2O2. The summed E-state index contributed by atoms with van der Waals surface area (Å²) in [4.78, 5) is 14.1. The Morgan fingerprint density at radius 1 is 1.44 bits per heavy atom. The van der Waals surface area contributed by atoms with Crippen LogP contribution in [-0.4, -0.2) is 22.4 Å². The molecule has 2 N–H and O–H groups in total. The van der Waals surface area contributed by atoms with Crippen LogP contribution < -0.4 is 5.73 Å². The smallest absolute Gasteiger partial charge is 0.223 e. The second-order valence-electron chi connectivity index (χ2n) is 6.05. The number of piperidine rings is 1. The molecule has 0 radical (unpaired) electrons. The van der Waals surface area contributed by atoms with Crippen LogP contribution in [0.4, 0.5) is 0 Å². The van der Waals surface area contributed by atoms with E-state index in [1.54, 1.807) is 6.26 Å². The van der Waals surface area contributed by atoms with Gasteiger partial charge in [0.25, 0.3) is 0 Å². The Hall–Kier alpha value is -1.29. The van der Waals surface area contributed by atoms with Gasteiger partial charge in [-0.1, -0.05) is 0 Å². The van der Waals surface area contributed by atoms with Gasteiger partial charge in [0.05, 0.1) is 6.26 Å². The second-order valence-corrected chi connectivity index (χ2v) is 6.05. The van der Waals surface area contributed by atoms with Gasteiger partial charge in [-0.05, 0) is 45.7 Å². The van der Waals surface area contributed by atoms with Crippen LogP contribution in [0.5, 0.6) is 0 Å². The van der Waals surface area contributed by atoms with Gasteiger partial charge in [0, 0.05) is 18.0 Å². The molecule has 1 aromatic heterocycles.